The van der Waals surface area contributed by atoms with Crippen LogP contribution in [0.2, 0.25) is 0 Å². The highest BCUT2D eigenvalue weighted by molar-refractivity contribution is 5.51. The minimum absolute atomic E-state index is 0.167. The molecule has 0 saturated heterocycles. The molecule has 20 heavy (non-hydrogen) atoms. The van der Waals surface area contributed by atoms with E-state index in [1.54, 1.807) is 6.07 Å². The van der Waals surface area contributed by atoms with E-state index >= 15 is 0 Å². The van der Waals surface area contributed by atoms with Gasteiger partial charge in [-0.15, -0.1) is 6.58 Å². The third-order valence-electron chi connectivity index (χ3n) is 3.34. The summed E-state index contributed by atoms with van der Waals surface area (Å²) in [4.78, 5) is 0. The van der Waals surface area contributed by atoms with Crippen molar-refractivity contribution in [3.05, 3.63) is 84.0 Å². The van der Waals surface area contributed by atoms with Gasteiger partial charge in [0.15, 0.2) is 0 Å². The largest absolute Gasteiger partial charge is 0.508 e. The Bertz CT molecular complexity index is 596. The van der Waals surface area contributed by atoms with E-state index in [9.17, 15) is 5.11 Å². The maximum absolute atomic E-state index is 10.0. The van der Waals surface area contributed by atoms with Crippen molar-refractivity contribution in [3.63, 3.8) is 0 Å². The van der Waals surface area contributed by atoms with E-state index in [1.165, 1.54) is 11.1 Å². The van der Waals surface area contributed by atoms with Gasteiger partial charge in [0.2, 0.25) is 0 Å². The summed E-state index contributed by atoms with van der Waals surface area (Å²) in [7, 11) is 0. The number of allylic oxidation sites excluding steroid dienone is 2. The van der Waals surface area contributed by atoms with Crippen molar-refractivity contribution in [1.29, 1.82) is 0 Å². The molecule has 1 nitrogen and oxygen atoms in total. The molecule has 0 heterocycles. The Hall–Kier alpha value is -2.28. The molecule has 0 saturated carbocycles. The molecule has 0 amide bonds. The first-order valence-electron chi connectivity index (χ1n) is 6.86. The zero-order valence-corrected chi connectivity index (χ0v) is 11.8. The number of hydrogen-bond acceptors (Lipinski definition) is 1. The predicted octanol–water partition coefficient (Wildman–Crippen LogP) is 4.94. The average molecular weight is 264 g/mol. The highest BCUT2D eigenvalue weighted by Crippen LogP contribution is 2.28. The number of aromatic hydroxyl groups is 1. The molecular weight excluding hydrogens is 244 g/mol. The third kappa shape index (κ3) is 3.61. The Labute approximate surface area is 120 Å². The Morgan fingerprint density at radius 1 is 1.15 bits per heavy atom. The molecule has 2 aromatic rings. The summed E-state index contributed by atoms with van der Waals surface area (Å²) in [5.41, 5.74) is 3.30. The third-order valence-corrected chi connectivity index (χ3v) is 3.34. The highest BCUT2D eigenvalue weighted by Gasteiger charge is 2.08. The van der Waals surface area contributed by atoms with Gasteiger partial charge < -0.3 is 5.11 Å². The predicted molar refractivity (Wildman–Crippen MR) is 85.9 cm³/mol. The van der Waals surface area contributed by atoms with E-state index in [1.807, 2.05) is 30.3 Å². The molecule has 0 aliphatic rings. The Morgan fingerprint density at radius 3 is 2.60 bits per heavy atom. The van der Waals surface area contributed by atoms with Crippen molar-refractivity contribution in [3.8, 4) is 5.75 Å². The number of rotatable bonds is 5. The molecule has 0 fully saturated rings. The first-order valence-corrected chi connectivity index (χ1v) is 6.86. The maximum atomic E-state index is 10.0. The summed E-state index contributed by atoms with van der Waals surface area (Å²) in [5, 5.41) is 10.0. The minimum atomic E-state index is 0.167. The second-order valence-corrected chi connectivity index (χ2v) is 4.94. The minimum Gasteiger partial charge on any atom is -0.508 e. The first kappa shape index (κ1) is 14.1. The van der Waals surface area contributed by atoms with E-state index in [2.05, 4.69) is 43.9 Å². The van der Waals surface area contributed by atoms with Gasteiger partial charge in [0, 0.05) is 11.5 Å². The summed E-state index contributed by atoms with van der Waals surface area (Å²) < 4.78 is 0. The van der Waals surface area contributed by atoms with Crippen LogP contribution in [0.5, 0.6) is 5.75 Å². The van der Waals surface area contributed by atoms with Crippen molar-refractivity contribution in [2.75, 3.05) is 0 Å². The van der Waals surface area contributed by atoms with Gasteiger partial charge in [-0.2, -0.15) is 0 Å². The van der Waals surface area contributed by atoms with Crippen molar-refractivity contribution >= 4 is 6.08 Å². The summed E-state index contributed by atoms with van der Waals surface area (Å²) in [6.45, 7) is 5.84. The topological polar surface area (TPSA) is 20.2 Å². The second-order valence-electron chi connectivity index (χ2n) is 4.94. The lowest BCUT2D eigenvalue weighted by molar-refractivity contribution is 0.466. The summed E-state index contributed by atoms with van der Waals surface area (Å²) in [6, 6.07) is 15.9. The highest BCUT2D eigenvalue weighted by atomic mass is 16.3. The van der Waals surface area contributed by atoms with Gasteiger partial charge in [-0.25, -0.2) is 0 Å². The monoisotopic (exact) mass is 264 g/mol. The normalized spacial score (nSPS) is 12.4. The summed E-state index contributed by atoms with van der Waals surface area (Å²) in [5.74, 6) is 0.517. The van der Waals surface area contributed by atoms with Crippen LogP contribution < -0.4 is 0 Å². The molecule has 0 aliphatic carbocycles. The van der Waals surface area contributed by atoms with Crippen LogP contribution in [0.3, 0.4) is 0 Å². The van der Waals surface area contributed by atoms with E-state index < -0.39 is 0 Å². The van der Waals surface area contributed by atoms with Crippen LogP contribution in [-0.2, 0) is 6.42 Å². The van der Waals surface area contributed by atoms with Crippen LogP contribution in [0, 0.1) is 0 Å². The van der Waals surface area contributed by atoms with Gasteiger partial charge in [0.25, 0.3) is 0 Å². The molecular formula is C19H20O. The standard InChI is InChI=1S/C19H20O/c1-3-7-17-12-13-19(20)18(14-17)15(2)10-11-16-8-5-4-6-9-16/h3-6,8-15,20H,1,7H2,2H3. The molecule has 0 bridgehead atoms. The fourth-order valence-electron chi connectivity index (χ4n) is 2.19. The van der Waals surface area contributed by atoms with Gasteiger partial charge in [-0.1, -0.05) is 67.6 Å². The Morgan fingerprint density at radius 2 is 1.90 bits per heavy atom. The summed E-state index contributed by atoms with van der Waals surface area (Å²) >= 11 is 0. The molecule has 2 rings (SSSR count). The molecule has 102 valence electrons. The molecule has 1 unspecified atom stereocenters. The van der Waals surface area contributed by atoms with Gasteiger partial charge in [0.05, 0.1) is 0 Å². The molecule has 1 N–H and O–H groups in total. The van der Waals surface area contributed by atoms with E-state index in [-0.39, 0.29) is 5.92 Å². The van der Waals surface area contributed by atoms with Crippen LogP contribution >= 0.6 is 0 Å². The van der Waals surface area contributed by atoms with Crippen molar-refractivity contribution in [2.45, 2.75) is 19.3 Å². The van der Waals surface area contributed by atoms with Crippen molar-refractivity contribution in [2.24, 2.45) is 0 Å². The van der Waals surface area contributed by atoms with E-state index in [4.69, 9.17) is 0 Å². The zero-order chi connectivity index (χ0) is 14.4. The number of phenolic OH excluding ortho intramolecular Hbond substituents is 1. The maximum Gasteiger partial charge on any atom is 0.119 e. The van der Waals surface area contributed by atoms with Crippen LogP contribution in [0.1, 0.15) is 29.5 Å². The first-order chi connectivity index (χ1) is 9.70. The lowest BCUT2D eigenvalue weighted by Gasteiger charge is -2.11. The Balaban J connectivity index is 2.20. The second kappa shape index (κ2) is 6.76. The fourth-order valence-corrected chi connectivity index (χ4v) is 2.19. The molecule has 0 radical (unpaired) electrons. The number of hydrogen-bond donors (Lipinski definition) is 1. The van der Waals surface area contributed by atoms with Crippen molar-refractivity contribution in [1.82, 2.24) is 0 Å². The Kier molecular flexibility index (Phi) is 4.78. The number of benzene rings is 2. The fraction of sp³-hybridized carbons (Fsp3) is 0.158. The van der Waals surface area contributed by atoms with Gasteiger partial charge in [-0.3, -0.25) is 0 Å². The van der Waals surface area contributed by atoms with Crippen LogP contribution in [-0.4, -0.2) is 5.11 Å². The smallest absolute Gasteiger partial charge is 0.119 e. The van der Waals surface area contributed by atoms with Crippen molar-refractivity contribution < 1.29 is 5.11 Å². The molecule has 1 heteroatoms. The quantitative estimate of drug-likeness (QED) is 0.758. The van der Waals surface area contributed by atoms with Gasteiger partial charge in [0.1, 0.15) is 5.75 Å². The van der Waals surface area contributed by atoms with Crippen LogP contribution in [0.15, 0.2) is 67.3 Å². The molecule has 2 aromatic carbocycles. The average Bonchev–Trinajstić information content (AvgIpc) is 2.48. The lowest BCUT2D eigenvalue weighted by atomic mass is 9.96. The SMILES string of the molecule is C=CCc1ccc(O)c(C(C)C=Cc2ccccc2)c1. The van der Waals surface area contributed by atoms with E-state index in [0.717, 1.165) is 12.0 Å². The van der Waals surface area contributed by atoms with E-state index in [0.29, 0.717) is 5.75 Å². The zero-order valence-electron chi connectivity index (χ0n) is 11.8. The van der Waals surface area contributed by atoms with Gasteiger partial charge >= 0.3 is 0 Å². The van der Waals surface area contributed by atoms with Crippen LogP contribution in [0.4, 0.5) is 0 Å². The molecule has 1 atom stereocenters. The molecule has 0 spiro atoms. The molecule has 0 aromatic heterocycles. The number of phenols is 1. The summed E-state index contributed by atoms with van der Waals surface area (Å²) in [6.07, 6.45) is 6.90. The van der Waals surface area contributed by atoms with Crippen LogP contribution in [0.25, 0.3) is 6.08 Å². The van der Waals surface area contributed by atoms with Gasteiger partial charge in [-0.05, 0) is 23.6 Å². The lowest BCUT2D eigenvalue weighted by Crippen LogP contribution is -1.92. The molecule has 0 aliphatic heterocycles.